The second-order valence-electron chi connectivity index (χ2n) is 5.46. The summed E-state index contributed by atoms with van der Waals surface area (Å²) in [4.78, 5) is 16.5. The Kier molecular flexibility index (Phi) is 4.40. The third-order valence-electron chi connectivity index (χ3n) is 3.74. The van der Waals surface area contributed by atoms with Crippen molar-refractivity contribution in [2.45, 2.75) is 0 Å². The quantitative estimate of drug-likeness (QED) is 0.745. The van der Waals surface area contributed by atoms with Crippen molar-refractivity contribution in [3.63, 3.8) is 0 Å². The number of fused-ring (bicyclic) bond motifs is 1. The normalized spacial score (nSPS) is 18.1. The Hall–Kier alpha value is -2.41. The van der Waals surface area contributed by atoms with E-state index >= 15 is 0 Å². The van der Waals surface area contributed by atoms with Crippen molar-refractivity contribution in [3.8, 4) is 0 Å². The number of nitrogens with zero attached hydrogens (tertiary/aromatic N) is 3. The van der Waals surface area contributed by atoms with Crippen molar-refractivity contribution in [3.05, 3.63) is 75.3 Å². The van der Waals surface area contributed by atoms with Crippen molar-refractivity contribution in [2.24, 2.45) is 10.1 Å². The van der Waals surface area contributed by atoms with Crippen LogP contribution < -0.4 is 0 Å². The molecule has 0 aromatic heterocycles. The number of amides is 1. The van der Waals surface area contributed by atoms with Gasteiger partial charge in [-0.2, -0.15) is 15.1 Å². The summed E-state index contributed by atoms with van der Waals surface area (Å²) in [5.41, 5.74) is 1.61. The highest BCUT2D eigenvalue weighted by atomic mass is 35.5. The summed E-state index contributed by atoms with van der Waals surface area (Å²) in [5, 5.41) is 16.1. The topological polar surface area (TPSA) is 68.9 Å². The summed E-state index contributed by atoms with van der Waals surface area (Å²) in [5.74, 6) is -0.534. The van der Waals surface area contributed by atoms with Crippen LogP contribution in [0.4, 0.5) is 0 Å². The van der Waals surface area contributed by atoms with Gasteiger partial charge in [-0.3, -0.25) is 10.2 Å². The highest BCUT2D eigenvalue weighted by molar-refractivity contribution is 8.27. The number of hydrogen-bond donors (Lipinski definition) is 1. The fraction of sp³-hybridized carbons (Fsp3) is 0. The maximum atomic E-state index is 12.4. The number of nitrogens with one attached hydrogen (secondary N) is 1. The Bertz CT molecular complexity index is 1030. The summed E-state index contributed by atoms with van der Waals surface area (Å²) < 4.78 is 0. The van der Waals surface area contributed by atoms with Crippen LogP contribution in [0.3, 0.4) is 0 Å². The molecule has 128 valence electrons. The van der Waals surface area contributed by atoms with E-state index in [4.69, 9.17) is 28.6 Å². The predicted octanol–water partition coefficient (Wildman–Crippen LogP) is 4.66. The number of aliphatic imine (C=N–C) groups is 1. The van der Waals surface area contributed by atoms with Gasteiger partial charge in [0.1, 0.15) is 5.04 Å². The van der Waals surface area contributed by atoms with Crippen molar-refractivity contribution >= 4 is 63.0 Å². The van der Waals surface area contributed by atoms with Gasteiger partial charge in [0.2, 0.25) is 5.17 Å². The maximum absolute atomic E-state index is 12.4. The number of hydrogen-bond acceptors (Lipinski definition) is 4. The van der Waals surface area contributed by atoms with E-state index in [9.17, 15) is 4.79 Å². The number of halogens is 2. The second-order valence-corrected chi connectivity index (χ2v) is 7.26. The van der Waals surface area contributed by atoms with Crippen molar-refractivity contribution < 1.29 is 4.79 Å². The predicted molar refractivity (Wildman–Crippen MR) is 107 cm³/mol. The van der Waals surface area contributed by atoms with E-state index in [1.54, 1.807) is 18.2 Å². The van der Waals surface area contributed by atoms with Gasteiger partial charge < -0.3 is 0 Å². The lowest BCUT2D eigenvalue weighted by atomic mass is 10.1. The molecule has 2 aliphatic heterocycles. The smallest absolute Gasteiger partial charge is 0.282 e. The van der Waals surface area contributed by atoms with Gasteiger partial charge in [-0.05, 0) is 35.5 Å². The fourth-order valence-corrected chi connectivity index (χ4v) is 3.82. The molecule has 0 saturated carbocycles. The van der Waals surface area contributed by atoms with Gasteiger partial charge in [0.15, 0.2) is 5.84 Å². The van der Waals surface area contributed by atoms with Crippen LogP contribution in [0.5, 0.6) is 0 Å². The molecule has 4 rings (SSSR count). The van der Waals surface area contributed by atoms with E-state index in [1.165, 1.54) is 22.8 Å². The zero-order valence-electron chi connectivity index (χ0n) is 13.1. The molecule has 0 spiro atoms. The Morgan fingerprint density at radius 1 is 1.12 bits per heavy atom. The van der Waals surface area contributed by atoms with Crippen molar-refractivity contribution in [1.82, 2.24) is 5.01 Å². The Labute approximate surface area is 163 Å². The van der Waals surface area contributed by atoms with Crippen LogP contribution in [-0.4, -0.2) is 27.0 Å². The van der Waals surface area contributed by atoms with Crippen LogP contribution in [0.25, 0.3) is 6.08 Å². The van der Waals surface area contributed by atoms with Crippen LogP contribution in [0, 0.1) is 5.41 Å². The lowest BCUT2D eigenvalue weighted by Crippen LogP contribution is -2.35. The first-order valence-electron chi connectivity index (χ1n) is 7.53. The Morgan fingerprint density at radius 3 is 2.62 bits per heavy atom. The molecule has 1 N–H and O–H groups in total. The molecule has 2 aromatic carbocycles. The van der Waals surface area contributed by atoms with Crippen LogP contribution in [-0.2, 0) is 4.79 Å². The molecule has 0 bridgehead atoms. The summed E-state index contributed by atoms with van der Waals surface area (Å²) in [6.07, 6.45) is 1.53. The van der Waals surface area contributed by atoms with Gasteiger partial charge in [0.05, 0.1) is 5.57 Å². The van der Waals surface area contributed by atoms with Gasteiger partial charge in [0.25, 0.3) is 5.91 Å². The van der Waals surface area contributed by atoms with E-state index in [0.29, 0.717) is 25.8 Å². The highest BCUT2D eigenvalue weighted by Gasteiger charge is 2.36. The molecular formula is C18H10Cl2N4OS. The molecule has 0 aliphatic carbocycles. The van der Waals surface area contributed by atoms with E-state index in [0.717, 1.165) is 5.56 Å². The first-order chi connectivity index (χ1) is 12.5. The molecule has 8 heteroatoms. The molecule has 2 aromatic rings. The van der Waals surface area contributed by atoms with Gasteiger partial charge in [0, 0.05) is 15.6 Å². The largest absolute Gasteiger partial charge is 0.283 e. The molecule has 1 amide bonds. The minimum absolute atomic E-state index is 0.0375. The molecule has 0 atom stereocenters. The van der Waals surface area contributed by atoms with Gasteiger partial charge in [-0.25, -0.2) is 0 Å². The summed E-state index contributed by atoms with van der Waals surface area (Å²) in [6.45, 7) is 0. The van der Waals surface area contributed by atoms with Crippen molar-refractivity contribution in [2.75, 3.05) is 0 Å². The SMILES string of the molecule is N=C1C(=Cc2ccc(Cl)cc2Cl)C(=O)N=C2SC(c3ccccc3)=NN12. The van der Waals surface area contributed by atoms with Crippen LogP contribution in [0.15, 0.2) is 64.2 Å². The summed E-state index contributed by atoms with van der Waals surface area (Å²) in [6, 6.07) is 14.5. The molecule has 0 unspecified atom stereocenters. The van der Waals surface area contributed by atoms with Crippen LogP contribution in [0.2, 0.25) is 10.0 Å². The number of thioether (sulfide) groups is 1. The average molecular weight is 401 g/mol. The Morgan fingerprint density at radius 2 is 1.88 bits per heavy atom. The third-order valence-corrected chi connectivity index (χ3v) is 5.26. The molecule has 2 heterocycles. The highest BCUT2D eigenvalue weighted by Crippen LogP contribution is 2.31. The average Bonchev–Trinajstić information content (AvgIpc) is 3.05. The molecule has 0 fully saturated rings. The van der Waals surface area contributed by atoms with E-state index < -0.39 is 5.91 Å². The fourth-order valence-electron chi connectivity index (χ4n) is 2.46. The lowest BCUT2D eigenvalue weighted by Gasteiger charge is -2.20. The number of benzene rings is 2. The monoisotopic (exact) mass is 400 g/mol. The summed E-state index contributed by atoms with van der Waals surface area (Å²) >= 11 is 13.3. The number of hydrazone groups is 1. The second kappa shape index (κ2) is 6.72. The van der Waals surface area contributed by atoms with Gasteiger partial charge in [-0.1, -0.05) is 59.6 Å². The number of amidine groups is 2. The third kappa shape index (κ3) is 3.07. The first-order valence-corrected chi connectivity index (χ1v) is 9.11. The zero-order valence-corrected chi connectivity index (χ0v) is 15.4. The van der Waals surface area contributed by atoms with E-state index in [-0.39, 0.29) is 11.4 Å². The zero-order chi connectivity index (χ0) is 18.3. The molecule has 5 nitrogen and oxygen atoms in total. The number of rotatable bonds is 2. The minimum atomic E-state index is -0.496. The molecule has 26 heavy (non-hydrogen) atoms. The number of carbonyl (C=O) groups is 1. The molecule has 0 radical (unpaired) electrons. The van der Waals surface area contributed by atoms with E-state index in [2.05, 4.69) is 10.1 Å². The minimum Gasteiger partial charge on any atom is -0.282 e. The van der Waals surface area contributed by atoms with Crippen LogP contribution in [0.1, 0.15) is 11.1 Å². The number of carbonyl (C=O) groups excluding carboxylic acids is 1. The molecule has 2 aliphatic rings. The lowest BCUT2D eigenvalue weighted by molar-refractivity contribution is -0.114. The van der Waals surface area contributed by atoms with E-state index in [1.807, 2.05) is 30.3 Å². The van der Waals surface area contributed by atoms with Gasteiger partial charge >= 0.3 is 0 Å². The molecule has 0 saturated heterocycles. The van der Waals surface area contributed by atoms with Gasteiger partial charge in [-0.15, -0.1) is 0 Å². The standard InChI is InChI=1S/C18H10Cl2N4OS/c19-12-7-6-11(14(20)9-12)8-13-15(21)24-18(22-16(13)25)26-17(23-24)10-4-2-1-3-5-10/h1-9,21H. The maximum Gasteiger partial charge on any atom is 0.283 e. The Balaban J connectivity index is 1.71. The summed E-state index contributed by atoms with van der Waals surface area (Å²) in [7, 11) is 0. The van der Waals surface area contributed by atoms with Crippen LogP contribution >= 0.6 is 35.0 Å². The molecular weight excluding hydrogens is 391 g/mol. The first kappa shape index (κ1) is 17.0. The van der Waals surface area contributed by atoms with Crippen molar-refractivity contribution in [1.29, 1.82) is 5.41 Å².